The summed E-state index contributed by atoms with van der Waals surface area (Å²) in [5.41, 5.74) is 0.460. The summed E-state index contributed by atoms with van der Waals surface area (Å²) in [6.07, 6.45) is 0.524. The van der Waals surface area contributed by atoms with Crippen molar-refractivity contribution in [2.45, 2.75) is 44.8 Å². The number of amides is 1. The molecule has 0 bridgehead atoms. The van der Waals surface area contributed by atoms with Crippen molar-refractivity contribution in [1.82, 2.24) is 29.7 Å². The van der Waals surface area contributed by atoms with E-state index in [0.29, 0.717) is 29.7 Å². The summed E-state index contributed by atoms with van der Waals surface area (Å²) in [4.78, 5) is 16.8. The second-order valence-corrected chi connectivity index (χ2v) is 6.94. The number of carbonyl (C=O) groups is 1. The molecular formula is C18H19F3N6O. The first kappa shape index (κ1) is 18.5. The van der Waals surface area contributed by atoms with Crippen molar-refractivity contribution >= 4 is 11.6 Å². The Morgan fingerprint density at radius 3 is 2.75 bits per heavy atom. The van der Waals surface area contributed by atoms with Gasteiger partial charge in [0.05, 0.1) is 6.20 Å². The lowest BCUT2D eigenvalue weighted by Crippen LogP contribution is -2.25. The minimum absolute atomic E-state index is 0.0224. The number of nitrogens with one attached hydrogen (secondary N) is 1. The molecule has 28 heavy (non-hydrogen) atoms. The van der Waals surface area contributed by atoms with Gasteiger partial charge in [0.25, 0.3) is 5.91 Å². The Kier molecular flexibility index (Phi) is 4.56. The maximum absolute atomic E-state index is 13.4. The van der Waals surface area contributed by atoms with Crippen molar-refractivity contribution in [3.8, 4) is 0 Å². The monoisotopic (exact) mass is 392 g/mol. The highest BCUT2D eigenvalue weighted by atomic mass is 19.4. The standard InChI is InChI=1S/C18H19F3N6O/c1-11-5-7-23-26(11)8-2-6-22-17(28)13-10-24-27-15(18(19,20)21)9-14(12-3-4-12)25-16(13)27/h5,7,9-10,12H,2-4,6,8H2,1H3,(H,22,28). The minimum atomic E-state index is -4.58. The highest BCUT2D eigenvalue weighted by Gasteiger charge is 2.37. The van der Waals surface area contributed by atoms with Crippen molar-refractivity contribution in [1.29, 1.82) is 0 Å². The molecule has 148 valence electrons. The molecule has 0 spiro atoms. The Morgan fingerprint density at radius 1 is 1.32 bits per heavy atom. The van der Waals surface area contributed by atoms with E-state index in [0.717, 1.165) is 30.8 Å². The first-order chi connectivity index (χ1) is 13.3. The molecule has 0 atom stereocenters. The molecule has 3 heterocycles. The van der Waals surface area contributed by atoms with Crippen LogP contribution in [0.1, 0.15) is 52.6 Å². The highest BCUT2D eigenvalue weighted by molar-refractivity contribution is 5.99. The lowest BCUT2D eigenvalue weighted by molar-refractivity contribution is -0.142. The number of hydrogen-bond acceptors (Lipinski definition) is 4. The minimum Gasteiger partial charge on any atom is -0.352 e. The van der Waals surface area contributed by atoms with Gasteiger partial charge >= 0.3 is 6.18 Å². The molecule has 0 aliphatic heterocycles. The van der Waals surface area contributed by atoms with Gasteiger partial charge < -0.3 is 5.32 Å². The zero-order valence-corrected chi connectivity index (χ0v) is 15.2. The van der Waals surface area contributed by atoms with E-state index < -0.39 is 17.8 Å². The van der Waals surface area contributed by atoms with Crippen molar-refractivity contribution < 1.29 is 18.0 Å². The largest absolute Gasteiger partial charge is 0.433 e. The number of rotatable bonds is 6. The van der Waals surface area contributed by atoms with Crippen LogP contribution in [0.2, 0.25) is 0 Å². The van der Waals surface area contributed by atoms with Crippen molar-refractivity contribution in [2.24, 2.45) is 0 Å². The Hall–Kier alpha value is -2.91. The summed E-state index contributed by atoms with van der Waals surface area (Å²) in [5, 5.41) is 10.7. The molecule has 0 unspecified atom stereocenters. The lowest BCUT2D eigenvalue weighted by atomic mass is 10.2. The molecule has 1 amide bonds. The maximum Gasteiger partial charge on any atom is 0.433 e. The van der Waals surface area contributed by atoms with Crippen molar-refractivity contribution in [2.75, 3.05) is 6.54 Å². The average molecular weight is 392 g/mol. The first-order valence-corrected chi connectivity index (χ1v) is 9.07. The zero-order chi connectivity index (χ0) is 19.9. The number of alkyl halides is 3. The molecule has 4 rings (SSSR count). The smallest absolute Gasteiger partial charge is 0.352 e. The summed E-state index contributed by atoms with van der Waals surface area (Å²) in [6.45, 7) is 2.94. The Bertz CT molecular complexity index is 1020. The van der Waals surface area contributed by atoms with E-state index in [4.69, 9.17) is 0 Å². The Labute approximate surface area is 158 Å². The van der Waals surface area contributed by atoms with Gasteiger partial charge in [-0.15, -0.1) is 0 Å². The van der Waals surface area contributed by atoms with Crippen LogP contribution in [-0.4, -0.2) is 36.8 Å². The van der Waals surface area contributed by atoms with Gasteiger partial charge in [-0.1, -0.05) is 0 Å². The van der Waals surface area contributed by atoms with Gasteiger partial charge in [0.2, 0.25) is 0 Å². The number of hydrogen-bond donors (Lipinski definition) is 1. The Morgan fingerprint density at radius 2 is 2.11 bits per heavy atom. The average Bonchev–Trinajstić information content (AvgIpc) is 3.28. The lowest BCUT2D eigenvalue weighted by Gasteiger charge is -2.11. The van der Waals surface area contributed by atoms with E-state index >= 15 is 0 Å². The van der Waals surface area contributed by atoms with Gasteiger partial charge in [-0.05, 0) is 38.3 Å². The molecule has 3 aromatic rings. The van der Waals surface area contributed by atoms with Crippen LogP contribution in [0, 0.1) is 6.92 Å². The molecule has 1 aliphatic rings. The van der Waals surface area contributed by atoms with Gasteiger partial charge in [-0.25, -0.2) is 9.50 Å². The third-order valence-electron chi connectivity index (χ3n) is 4.78. The fourth-order valence-electron chi connectivity index (χ4n) is 3.09. The summed E-state index contributed by atoms with van der Waals surface area (Å²) >= 11 is 0. The van der Waals surface area contributed by atoms with Gasteiger partial charge in [0.1, 0.15) is 11.3 Å². The van der Waals surface area contributed by atoms with Crippen LogP contribution in [0.3, 0.4) is 0 Å². The van der Waals surface area contributed by atoms with E-state index in [1.54, 1.807) is 6.20 Å². The molecular weight excluding hydrogens is 373 g/mol. The third-order valence-corrected chi connectivity index (χ3v) is 4.78. The van der Waals surface area contributed by atoms with Gasteiger partial charge in [0, 0.05) is 36.6 Å². The fourth-order valence-corrected chi connectivity index (χ4v) is 3.09. The summed E-state index contributed by atoms with van der Waals surface area (Å²) in [6, 6.07) is 2.92. The predicted molar refractivity (Wildman–Crippen MR) is 93.9 cm³/mol. The van der Waals surface area contributed by atoms with Crippen molar-refractivity contribution in [3.05, 3.63) is 47.2 Å². The second kappa shape index (κ2) is 6.92. The van der Waals surface area contributed by atoms with Gasteiger partial charge in [-0.3, -0.25) is 9.48 Å². The molecule has 3 aromatic heterocycles. The molecule has 7 nitrogen and oxygen atoms in total. The van der Waals surface area contributed by atoms with Gasteiger partial charge in [0.15, 0.2) is 5.65 Å². The topological polar surface area (TPSA) is 77.1 Å². The maximum atomic E-state index is 13.4. The number of nitrogens with zero attached hydrogens (tertiary/aromatic N) is 5. The number of carbonyl (C=O) groups excluding carboxylic acids is 1. The number of aromatic nitrogens is 5. The quantitative estimate of drug-likeness (QED) is 0.655. The molecule has 1 N–H and O–H groups in total. The molecule has 0 radical (unpaired) electrons. The Balaban J connectivity index is 1.52. The van der Waals surface area contributed by atoms with E-state index in [1.165, 1.54) is 0 Å². The highest BCUT2D eigenvalue weighted by Crippen LogP contribution is 2.41. The van der Waals surface area contributed by atoms with Crippen molar-refractivity contribution in [3.63, 3.8) is 0 Å². The summed E-state index contributed by atoms with van der Waals surface area (Å²) in [5.74, 6) is -0.463. The van der Waals surface area contributed by atoms with Crippen LogP contribution < -0.4 is 5.32 Å². The molecule has 1 saturated carbocycles. The zero-order valence-electron chi connectivity index (χ0n) is 15.2. The normalized spacial score (nSPS) is 14.6. The SMILES string of the molecule is Cc1ccnn1CCCNC(=O)c1cnn2c(C(F)(F)F)cc(C3CC3)nc12. The molecule has 1 fully saturated rings. The van der Waals surface area contributed by atoms with E-state index in [9.17, 15) is 18.0 Å². The van der Waals surface area contributed by atoms with Gasteiger partial charge in [-0.2, -0.15) is 23.4 Å². The van der Waals surface area contributed by atoms with Crippen LogP contribution in [0.5, 0.6) is 0 Å². The third kappa shape index (κ3) is 3.58. The summed E-state index contributed by atoms with van der Waals surface area (Å²) < 4.78 is 42.8. The molecule has 0 saturated heterocycles. The number of fused-ring (bicyclic) bond motifs is 1. The summed E-state index contributed by atoms with van der Waals surface area (Å²) in [7, 11) is 0. The molecule has 1 aliphatic carbocycles. The van der Waals surface area contributed by atoms with E-state index in [1.807, 2.05) is 17.7 Å². The van der Waals surface area contributed by atoms with E-state index in [-0.39, 0.29) is 17.1 Å². The first-order valence-electron chi connectivity index (χ1n) is 9.07. The molecule has 0 aromatic carbocycles. The van der Waals surface area contributed by atoms with Crippen LogP contribution in [0.15, 0.2) is 24.5 Å². The van der Waals surface area contributed by atoms with Crippen LogP contribution in [-0.2, 0) is 12.7 Å². The van der Waals surface area contributed by atoms with E-state index in [2.05, 4.69) is 20.5 Å². The number of aryl methyl sites for hydroxylation is 2. The fraction of sp³-hybridized carbons (Fsp3) is 0.444. The van der Waals surface area contributed by atoms with Crippen LogP contribution in [0.25, 0.3) is 5.65 Å². The second-order valence-electron chi connectivity index (χ2n) is 6.94. The number of halogens is 3. The molecule has 10 heteroatoms. The predicted octanol–water partition coefficient (Wildman–Crippen LogP) is 2.95. The van der Waals surface area contributed by atoms with Crippen LogP contribution >= 0.6 is 0 Å². The van der Waals surface area contributed by atoms with Crippen LogP contribution in [0.4, 0.5) is 13.2 Å².